The molecule has 0 radical (unpaired) electrons. The molecule has 1 aromatic heterocycles. The first-order chi connectivity index (χ1) is 9.16. The number of halogens is 1. The number of nitrogen functional groups attached to an aromatic ring is 1. The van der Waals surface area contributed by atoms with Gasteiger partial charge in [-0.25, -0.2) is 0 Å². The molecule has 0 aliphatic carbocycles. The molecule has 1 amide bonds. The van der Waals surface area contributed by atoms with Crippen molar-refractivity contribution in [3.8, 4) is 5.75 Å². The molecule has 0 fully saturated rings. The summed E-state index contributed by atoms with van der Waals surface area (Å²) < 4.78 is 6.29. The zero-order chi connectivity index (χ0) is 13.7. The Balaban J connectivity index is 1.75. The fraction of sp³-hybridized carbons (Fsp3) is 0.154. The number of hydrogen-bond acceptors (Lipinski definition) is 4. The lowest BCUT2D eigenvalue weighted by atomic mass is 10.3. The summed E-state index contributed by atoms with van der Waals surface area (Å²) >= 11 is 4.72. The largest absolute Gasteiger partial charge is 0.492 e. The summed E-state index contributed by atoms with van der Waals surface area (Å²) in [6.45, 7) is 0.843. The zero-order valence-electron chi connectivity index (χ0n) is 10.1. The molecule has 0 saturated heterocycles. The van der Waals surface area contributed by atoms with Crippen molar-refractivity contribution >= 4 is 38.9 Å². The first-order valence-corrected chi connectivity index (χ1v) is 7.33. The van der Waals surface area contributed by atoms with E-state index < -0.39 is 0 Å². The highest BCUT2D eigenvalue weighted by atomic mass is 79.9. The van der Waals surface area contributed by atoms with Gasteiger partial charge in [0.1, 0.15) is 17.2 Å². The van der Waals surface area contributed by atoms with Crippen molar-refractivity contribution in [3.05, 3.63) is 45.1 Å². The molecule has 19 heavy (non-hydrogen) atoms. The van der Waals surface area contributed by atoms with E-state index in [1.807, 2.05) is 23.6 Å². The van der Waals surface area contributed by atoms with Gasteiger partial charge in [0.05, 0.1) is 6.54 Å². The van der Waals surface area contributed by atoms with Crippen molar-refractivity contribution < 1.29 is 9.53 Å². The Labute approximate surface area is 123 Å². The molecule has 2 aromatic rings. The standard InChI is InChI=1S/C13H13BrN2O2S/c14-11-4-7-19-12(11)13(17)16-5-6-18-10-3-1-2-9(15)8-10/h1-4,7-8H,5-6,15H2,(H,16,17). The van der Waals surface area contributed by atoms with Gasteiger partial charge in [-0.05, 0) is 39.5 Å². The molecule has 6 heteroatoms. The monoisotopic (exact) mass is 340 g/mol. The lowest BCUT2D eigenvalue weighted by Crippen LogP contribution is -2.27. The van der Waals surface area contributed by atoms with Crippen LogP contribution in [-0.2, 0) is 0 Å². The van der Waals surface area contributed by atoms with Crippen molar-refractivity contribution in [2.75, 3.05) is 18.9 Å². The van der Waals surface area contributed by atoms with Gasteiger partial charge >= 0.3 is 0 Å². The van der Waals surface area contributed by atoms with Crippen LogP contribution in [0.4, 0.5) is 5.69 Å². The molecular formula is C13H13BrN2O2S. The van der Waals surface area contributed by atoms with E-state index in [0.29, 0.717) is 29.5 Å². The average Bonchev–Trinajstić information content (AvgIpc) is 2.81. The minimum atomic E-state index is -0.0990. The van der Waals surface area contributed by atoms with Crippen LogP contribution in [0.15, 0.2) is 40.2 Å². The predicted octanol–water partition coefficient (Wildman–Crippen LogP) is 2.90. The summed E-state index contributed by atoms with van der Waals surface area (Å²) in [4.78, 5) is 12.5. The van der Waals surface area contributed by atoms with E-state index >= 15 is 0 Å². The third-order valence-electron chi connectivity index (χ3n) is 2.34. The van der Waals surface area contributed by atoms with Gasteiger partial charge in [0, 0.05) is 16.2 Å². The molecule has 0 aliphatic rings. The quantitative estimate of drug-likeness (QED) is 0.649. The van der Waals surface area contributed by atoms with Crippen LogP contribution in [0.3, 0.4) is 0 Å². The van der Waals surface area contributed by atoms with Gasteiger partial charge in [0.2, 0.25) is 0 Å². The van der Waals surface area contributed by atoms with Crippen molar-refractivity contribution in [2.45, 2.75) is 0 Å². The number of carbonyl (C=O) groups is 1. The molecule has 2 rings (SSSR count). The summed E-state index contributed by atoms with van der Waals surface area (Å²) in [5.74, 6) is 0.601. The molecule has 100 valence electrons. The van der Waals surface area contributed by atoms with E-state index in [9.17, 15) is 4.79 Å². The van der Waals surface area contributed by atoms with Crippen LogP contribution in [0.5, 0.6) is 5.75 Å². The molecular weight excluding hydrogens is 328 g/mol. The topological polar surface area (TPSA) is 64.3 Å². The molecule has 0 bridgehead atoms. The molecule has 0 spiro atoms. The van der Waals surface area contributed by atoms with Crippen LogP contribution >= 0.6 is 27.3 Å². The van der Waals surface area contributed by atoms with Crippen molar-refractivity contribution in [3.63, 3.8) is 0 Å². The fourth-order valence-corrected chi connectivity index (χ4v) is 2.94. The van der Waals surface area contributed by atoms with Crippen molar-refractivity contribution in [1.82, 2.24) is 5.32 Å². The maximum atomic E-state index is 11.8. The number of anilines is 1. The van der Waals surface area contributed by atoms with Crippen LogP contribution in [0.2, 0.25) is 0 Å². The van der Waals surface area contributed by atoms with E-state index in [1.54, 1.807) is 12.1 Å². The number of thiophene rings is 1. The highest BCUT2D eigenvalue weighted by Gasteiger charge is 2.10. The predicted molar refractivity (Wildman–Crippen MR) is 80.7 cm³/mol. The van der Waals surface area contributed by atoms with Gasteiger partial charge in [0.15, 0.2) is 0 Å². The lowest BCUT2D eigenvalue weighted by Gasteiger charge is -2.07. The van der Waals surface area contributed by atoms with Gasteiger partial charge in [-0.15, -0.1) is 11.3 Å². The van der Waals surface area contributed by atoms with E-state index in [4.69, 9.17) is 10.5 Å². The molecule has 0 aliphatic heterocycles. The summed E-state index contributed by atoms with van der Waals surface area (Å²) in [6, 6.07) is 9.05. The Bertz CT molecular complexity index is 571. The smallest absolute Gasteiger partial charge is 0.262 e. The molecule has 3 N–H and O–H groups in total. The molecule has 0 atom stereocenters. The maximum absolute atomic E-state index is 11.8. The van der Waals surface area contributed by atoms with Crippen LogP contribution in [-0.4, -0.2) is 19.1 Å². The van der Waals surface area contributed by atoms with Crippen LogP contribution in [0, 0.1) is 0 Å². The zero-order valence-corrected chi connectivity index (χ0v) is 12.5. The van der Waals surface area contributed by atoms with Gasteiger partial charge in [-0.1, -0.05) is 6.07 Å². The van der Waals surface area contributed by atoms with Crippen LogP contribution in [0.25, 0.3) is 0 Å². The minimum absolute atomic E-state index is 0.0990. The van der Waals surface area contributed by atoms with E-state index in [0.717, 1.165) is 4.47 Å². The number of ether oxygens (including phenoxy) is 1. The van der Waals surface area contributed by atoms with E-state index in [2.05, 4.69) is 21.2 Å². The van der Waals surface area contributed by atoms with Gasteiger partial charge < -0.3 is 15.8 Å². The highest BCUT2D eigenvalue weighted by Crippen LogP contribution is 2.22. The average molecular weight is 341 g/mol. The Morgan fingerprint density at radius 1 is 1.42 bits per heavy atom. The van der Waals surface area contributed by atoms with Gasteiger partial charge in [-0.3, -0.25) is 4.79 Å². The summed E-state index contributed by atoms with van der Waals surface area (Å²) in [5.41, 5.74) is 6.29. The Kier molecular flexibility index (Phi) is 4.81. The molecule has 0 saturated carbocycles. The number of amides is 1. The number of carbonyl (C=O) groups excluding carboxylic acids is 1. The van der Waals surface area contributed by atoms with Gasteiger partial charge in [-0.2, -0.15) is 0 Å². The van der Waals surface area contributed by atoms with Gasteiger partial charge in [0.25, 0.3) is 5.91 Å². The van der Waals surface area contributed by atoms with Crippen molar-refractivity contribution in [2.24, 2.45) is 0 Å². The normalized spacial score (nSPS) is 10.2. The maximum Gasteiger partial charge on any atom is 0.262 e. The van der Waals surface area contributed by atoms with Crippen LogP contribution < -0.4 is 15.8 Å². The summed E-state index contributed by atoms with van der Waals surface area (Å²) in [7, 11) is 0. The number of nitrogens with two attached hydrogens (primary N) is 1. The Hall–Kier alpha value is -1.53. The lowest BCUT2D eigenvalue weighted by molar-refractivity contribution is 0.0950. The molecule has 4 nitrogen and oxygen atoms in total. The van der Waals surface area contributed by atoms with E-state index in [-0.39, 0.29) is 5.91 Å². The molecule has 0 unspecified atom stereocenters. The summed E-state index contributed by atoms with van der Waals surface area (Å²) in [5, 5.41) is 4.66. The highest BCUT2D eigenvalue weighted by molar-refractivity contribution is 9.10. The number of rotatable bonds is 5. The Morgan fingerprint density at radius 2 is 2.26 bits per heavy atom. The molecule has 1 aromatic carbocycles. The van der Waals surface area contributed by atoms with E-state index in [1.165, 1.54) is 11.3 Å². The first kappa shape index (κ1) is 13.9. The van der Waals surface area contributed by atoms with Crippen molar-refractivity contribution in [1.29, 1.82) is 0 Å². The third-order valence-corrected chi connectivity index (χ3v) is 4.17. The minimum Gasteiger partial charge on any atom is -0.492 e. The molecule has 1 heterocycles. The van der Waals surface area contributed by atoms with Crippen LogP contribution in [0.1, 0.15) is 9.67 Å². The second kappa shape index (κ2) is 6.58. The number of hydrogen-bond donors (Lipinski definition) is 2. The second-order valence-corrected chi connectivity index (χ2v) is 5.54. The summed E-state index contributed by atoms with van der Waals surface area (Å²) in [6.07, 6.45) is 0. The number of benzene rings is 1. The number of nitrogens with one attached hydrogen (secondary N) is 1. The second-order valence-electron chi connectivity index (χ2n) is 3.77. The fourth-order valence-electron chi connectivity index (χ4n) is 1.47. The Morgan fingerprint density at radius 3 is 2.95 bits per heavy atom. The third kappa shape index (κ3) is 3.97. The first-order valence-electron chi connectivity index (χ1n) is 5.66. The SMILES string of the molecule is Nc1cccc(OCCNC(=O)c2sccc2Br)c1.